The molecule has 6 heteroatoms. The predicted octanol–water partition coefficient (Wildman–Crippen LogP) is 4.66. The summed E-state index contributed by atoms with van der Waals surface area (Å²) < 4.78 is 6.41. The van der Waals surface area contributed by atoms with E-state index in [0.29, 0.717) is 28.2 Å². The van der Waals surface area contributed by atoms with Gasteiger partial charge >= 0.3 is 0 Å². The molecule has 0 aliphatic heterocycles. The van der Waals surface area contributed by atoms with E-state index in [0.717, 1.165) is 10.0 Å². The molecule has 0 fully saturated rings. The first-order valence-electron chi connectivity index (χ1n) is 5.52. The van der Waals surface area contributed by atoms with Crippen LogP contribution in [0.2, 0.25) is 10.0 Å². The lowest BCUT2D eigenvalue weighted by atomic mass is 10.3. The summed E-state index contributed by atoms with van der Waals surface area (Å²) in [6.07, 6.45) is 1.72. The van der Waals surface area contributed by atoms with Gasteiger partial charge in [-0.25, -0.2) is 4.98 Å². The number of nitrogens with one attached hydrogen (secondary N) is 1. The summed E-state index contributed by atoms with van der Waals surface area (Å²) in [7, 11) is 1.86. The Morgan fingerprint density at radius 1 is 1.32 bits per heavy atom. The predicted molar refractivity (Wildman–Crippen MR) is 81.2 cm³/mol. The van der Waals surface area contributed by atoms with Gasteiger partial charge in [-0.05, 0) is 52.8 Å². The molecule has 0 spiro atoms. The van der Waals surface area contributed by atoms with Crippen LogP contribution in [0.15, 0.2) is 34.9 Å². The van der Waals surface area contributed by atoms with E-state index in [1.807, 2.05) is 13.1 Å². The molecule has 19 heavy (non-hydrogen) atoms. The van der Waals surface area contributed by atoms with Gasteiger partial charge < -0.3 is 10.1 Å². The number of halogens is 3. The van der Waals surface area contributed by atoms with Gasteiger partial charge in [-0.3, -0.25) is 0 Å². The SMILES string of the molecule is CNCc1cnc(Oc2ccc(Cl)cc2Br)c(Cl)c1. The van der Waals surface area contributed by atoms with Crippen molar-refractivity contribution in [2.75, 3.05) is 7.05 Å². The monoisotopic (exact) mass is 360 g/mol. The largest absolute Gasteiger partial charge is 0.436 e. The lowest BCUT2D eigenvalue weighted by Gasteiger charge is -2.09. The second-order valence-electron chi connectivity index (χ2n) is 3.84. The molecule has 0 unspecified atom stereocenters. The van der Waals surface area contributed by atoms with Crippen molar-refractivity contribution >= 4 is 39.1 Å². The highest BCUT2D eigenvalue weighted by molar-refractivity contribution is 9.10. The third kappa shape index (κ3) is 3.83. The summed E-state index contributed by atoms with van der Waals surface area (Å²) in [5.74, 6) is 0.977. The van der Waals surface area contributed by atoms with Crippen LogP contribution in [-0.4, -0.2) is 12.0 Å². The minimum Gasteiger partial charge on any atom is -0.436 e. The van der Waals surface area contributed by atoms with Crippen LogP contribution < -0.4 is 10.1 Å². The smallest absolute Gasteiger partial charge is 0.238 e. The van der Waals surface area contributed by atoms with Crippen molar-refractivity contribution in [2.24, 2.45) is 0 Å². The molecule has 1 N–H and O–H groups in total. The van der Waals surface area contributed by atoms with Crippen LogP contribution in [0.4, 0.5) is 0 Å². The van der Waals surface area contributed by atoms with E-state index in [-0.39, 0.29) is 0 Å². The van der Waals surface area contributed by atoms with Crippen LogP contribution >= 0.6 is 39.1 Å². The third-order valence-electron chi connectivity index (χ3n) is 2.35. The summed E-state index contributed by atoms with van der Waals surface area (Å²) in [6, 6.07) is 7.07. The molecular weight excluding hydrogens is 351 g/mol. The molecule has 0 atom stereocenters. The van der Waals surface area contributed by atoms with Crippen LogP contribution in [0.1, 0.15) is 5.56 Å². The maximum absolute atomic E-state index is 6.14. The first kappa shape index (κ1) is 14.6. The van der Waals surface area contributed by atoms with Crippen LogP contribution in [-0.2, 0) is 6.54 Å². The van der Waals surface area contributed by atoms with E-state index in [2.05, 4.69) is 26.2 Å². The maximum atomic E-state index is 6.14. The lowest BCUT2D eigenvalue weighted by Crippen LogP contribution is -2.05. The highest BCUT2D eigenvalue weighted by Crippen LogP contribution is 2.34. The van der Waals surface area contributed by atoms with Gasteiger partial charge in [0.15, 0.2) is 0 Å². The van der Waals surface area contributed by atoms with E-state index in [9.17, 15) is 0 Å². The zero-order chi connectivity index (χ0) is 13.8. The molecule has 1 aromatic carbocycles. The molecular formula is C13H11BrCl2N2O. The Balaban J connectivity index is 2.23. The Bertz CT molecular complexity index is 593. The van der Waals surface area contributed by atoms with Gasteiger partial charge in [0, 0.05) is 17.8 Å². The highest BCUT2D eigenvalue weighted by atomic mass is 79.9. The molecule has 0 saturated carbocycles. The fraction of sp³-hybridized carbons (Fsp3) is 0.154. The number of nitrogens with zero attached hydrogens (tertiary/aromatic N) is 1. The van der Waals surface area contributed by atoms with E-state index in [1.54, 1.807) is 24.4 Å². The van der Waals surface area contributed by atoms with Crippen LogP contribution in [0.25, 0.3) is 0 Å². The highest BCUT2D eigenvalue weighted by Gasteiger charge is 2.09. The normalized spacial score (nSPS) is 10.5. The number of rotatable bonds is 4. The van der Waals surface area contributed by atoms with Crippen molar-refractivity contribution in [3.63, 3.8) is 0 Å². The fourth-order valence-electron chi connectivity index (χ4n) is 1.50. The molecule has 3 nitrogen and oxygen atoms in total. The molecule has 0 aliphatic rings. The van der Waals surface area contributed by atoms with Crippen LogP contribution in [0.3, 0.4) is 0 Å². The van der Waals surface area contributed by atoms with Crippen molar-refractivity contribution in [3.8, 4) is 11.6 Å². The zero-order valence-corrected chi connectivity index (χ0v) is 13.2. The van der Waals surface area contributed by atoms with E-state index in [1.165, 1.54) is 0 Å². The lowest BCUT2D eigenvalue weighted by molar-refractivity contribution is 0.460. The molecule has 1 heterocycles. The Morgan fingerprint density at radius 2 is 2.11 bits per heavy atom. The number of benzene rings is 1. The van der Waals surface area contributed by atoms with Crippen molar-refractivity contribution in [1.82, 2.24) is 10.3 Å². The first-order valence-corrected chi connectivity index (χ1v) is 7.07. The number of ether oxygens (including phenoxy) is 1. The van der Waals surface area contributed by atoms with E-state index in [4.69, 9.17) is 27.9 Å². The number of aromatic nitrogens is 1. The van der Waals surface area contributed by atoms with E-state index >= 15 is 0 Å². The molecule has 0 saturated heterocycles. The molecule has 100 valence electrons. The summed E-state index contributed by atoms with van der Waals surface area (Å²) in [4.78, 5) is 4.21. The van der Waals surface area contributed by atoms with Crippen LogP contribution in [0.5, 0.6) is 11.6 Å². The van der Waals surface area contributed by atoms with Gasteiger partial charge in [0.05, 0.1) is 4.47 Å². The van der Waals surface area contributed by atoms with Gasteiger partial charge in [0.25, 0.3) is 0 Å². The minimum atomic E-state index is 0.365. The molecule has 0 radical (unpaired) electrons. The molecule has 0 bridgehead atoms. The Hall–Kier alpha value is -0.810. The fourth-order valence-corrected chi connectivity index (χ4v) is 2.49. The van der Waals surface area contributed by atoms with Gasteiger partial charge in [-0.15, -0.1) is 0 Å². The maximum Gasteiger partial charge on any atom is 0.238 e. The second kappa shape index (κ2) is 6.57. The minimum absolute atomic E-state index is 0.365. The Labute approximate surface area is 130 Å². The van der Waals surface area contributed by atoms with Gasteiger partial charge in [0.2, 0.25) is 5.88 Å². The second-order valence-corrected chi connectivity index (χ2v) is 5.54. The quantitative estimate of drug-likeness (QED) is 0.859. The molecule has 2 aromatic rings. The van der Waals surface area contributed by atoms with Gasteiger partial charge in [-0.2, -0.15) is 0 Å². The standard InChI is InChI=1S/C13H11BrCl2N2O/c1-17-6-8-4-11(16)13(18-7-8)19-12-3-2-9(15)5-10(12)14/h2-5,7,17H,6H2,1H3. The van der Waals surface area contributed by atoms with Crippen LogP contribution in [0, 0.1) is 0 Å². The Morgan fingerprint density at radius 3 is 2.74 bits per heavy atom. The van der Waals surface area contributed by atoms with Crippen molar-refractivity contribution in [2.45, 2.75) is 6.54 Å². The summed E-state index contributed by atoms with van der Waals surface area (Å²) in [6.45, 7) is 0.706. The molecule has 0 aliphatic carbocycles. The number of hydrogen-bond acceptors (Lipinski definition) is 3. The summed E-state index contributed by atoms with van der Waals surface area (Å²) >= 11 is 15.4. The molecule has 1 aromatic heterocycles. The average molecular weight is 362 g/mol. The molecule has 2 rings (SSSR count). The number of hydrogen-bond donors (Lipinski definition) is 1. The van der Waals surface area contributed by atoms with Crippen molar-refractivity contribution in [3.05, 3.63) is 50.5 Å². The van der Waals surface area contributed by atoms with E-state index < -0.39 is 0 Å². The van der Waals surface area contributed by atoms with Gasteiger partial charge in [-0.1, -0.05) is 23.2 Å². The first-order chi connectivity index (χ1) is 9.10. The summed E-state index contributed by atoms with van der Waals surface area (Å²) in [5.41, 5.74) is 0.995. The van der Waals surface area contributed by atoms with Crippen molar-refractivity contribution in [1.29, 1.82) is 0 Å². The van der Waals surface area contributed by atoms with Gasteiger partial charge in [0.1, 0.15) is 10.8 Å². The topological polar surface area (TPSA) is 34.2 Å². The Kier molecular flexibility index (Phi) is 5.05. The zero-order valence-electron chi connectivity index (χ0n) is 10.1. The average Bonchev–Trinajstić information content (AvgIpc) is 2.36. The number of pyridine rings is 1. The molecule has 0 amide bonds. The third-order valence-corrected chi connectivity index (χ3v) is 3.47. The summed E-state index contributed by atoms with van der Waals surface area (Å²) in [5, 5.41) is 4.13. The van der Waals surface area contributed by atoms with Crippen molar-refractivity contribution < 1.29 is 4.74 Å².